The van der Waals surface area contributed by atoms with Gasteiger partial charge in [0.1, 0.15) is 0 Å². The van der Waals surface area contributed by atoms with Crippen LogP contribution in [0, 0.1) is 0 Å². The molecule has 12 heavy (non-hydrogen) atoms. The van der Waals surface area contributed by atoms with Crippen molar-refractivity contribution in [2.45, 2.75) is 37.8 Å². The molecule has 0 aliphatic carbocycles. The highest BCUT2D eigenvalue weighted by Crippen LogP contribution is 2.25. The van der Waals surface area contributed by atoms with Crippen LogP contribution in [0.5, 0.6) is 0 Å². The third-order valence-corrected chi connectivity index (χ3v) is 3.03. The Hall–Kier alpha value is -0.120. The van der Waals surface area contributed by atoms with Crippen LogP contribution in [0.3, 0.4) is 0 Å². The standard InChI is InChI=1S/C9H20N2O/c1-8-7-9(10,4-6-12)3-5-11(8)2/h8,12H,3-7,10H2,1-2H3. The Labute approximate surface area is 74.5 Å². The van der Waals surface area contributed by atoms with Crippen molar-refractivity contribution < 1.29 is 5.11 Å². The van der Waals surface area contributed by atoms with Gasteiger partial charge in [0.2, 0.25) is 0 Å². The Balaban J connectivity index is 2.48. The number of hydrogen-bond acceptors (Lipinski definition) is 3. The predicted octanol–water partition coefficient (Wildman–Crippen LogP) is 0.180. The molecule has 0 amide bonds. The summed E-state index contributed by atoms with van der Waals surface area (Å²) in [6.07, 6.45) is 2.75. The molecule has 0 aromatic heterocycles. The Bertz CT molecular complexity index is 151. The van der Waals surface area contributed by atoms with Gasteiger partial charge in [0, 0.05) is 18.2 Å². The normalized spacial score (nSPS) is 38.5. The van der Waals surface area contributed by atoms with Crippen molar-refractivity contribution >= 4 is 0 Å². The van der Waals surface area contributed by atoms with Gasteiger partial charge in [-0.15, -0.1) is 0 Å². The Kier molecular flexibility index (Phi) is 3.09. The van der Waals surface area contributed by atoms with Gasteiger partial charge in [-0.2, -0.15) is 0 Å². The van der Waals surface area contributed by atoms with Gasteiger partial charge in [-0.1, -0.05) is 0 Å². The van der Waals surface area contributed by atoms with Crippen molar-refractivity contribution in [1.29, 1.82) is 0 Å². The van der Waals surface area contributed by atoms with Crippen molar-refractivity contribution in [1.82, 2.24) is 4.90 Å². The lowest BCUT2D eigenvalue weighted by Crippen LogP contribution is -2.53. The first-order valence-corrected chi connectivity index (χ1v) is 4.67. The quantitative estimate of drug-likeness (QED) is 0.625. The van der Waals surface area contributed by atoms with Crippen molar-refractivity contribution in [3.63, 3.8) is 0 Å². The van der Waals surface area contributed by atoms with Gasteiger partial charge < -0.3 is 15.7 Å². The number of piperidine rings is 1. The lowest BCUT2D eigenvalue weighted by Gasteiger charge is -2.41. The summed E-state index contributed by atoms with van der Waals surface area (Å²) in [6.45, 7) is 3.46. The van der Waals surface area contributed by atoms with E-state index in [4.69, 9.17) is 10.8 Å². The number of hydrogen-bond donors (Lipinski definition) is 2. The molecular formula is C9H20N2O. The van der Waals surface area contributed by atoms with Crippen LogP contribution in [0.4, 0.5) is 0 Å². The second kappa shape index (κ2) is 3.73. The van der Waals surface area contributed by atoms with E-state index in [-0.39, 0.29) is 12.1 Å². The van der Waals surface area contributed by atoms with Crippen LogP contribution in [0.1, 0.15) is 26.2 Å². The van der Waals surface area contributed by atoms with Crippen LogP contribution >= 0.6 is 0 Å². The first-order chi connectivity index (χ1) is 5.57. The largest absolute Gasteiger partial charge is 0.396 e. The third kappa shape index (κ3) is 2.19. The van der Waals surface area contributed by atoms with E-state index in [1.165, 1.54) is 0 Å². The highest BCUT2D eigenvalue weighted by atomic mass is 16.3. The third-order valence-electron chi connectivity index (χ3n) is 3.03. The van der Waals surface area contributed by atoms with Crippen LogP contribution in [0.25, 0.3) is 0 Å². The summed E-state index contributed by atoms with van der Waals surface area (Å²) in [5.41, 5.74) is 6.03. The molecule has 2 atom stereocenters. The van der Waals surface area contributed by atoms with Gasteiger partial charge in [0.15, 0.2) is 0 Å². The molecule has 0 spiro atoms. The molecule has 1 aliphatic rings. The average Bonchev–Trinajstić information content (AvgIpc) is 1.98. The summed E-state index contributed by atoms with van der Waals surface area (Å²) in [5, 5.41) is 8.84. The topological polar surface area (TPSA) is 49.5 Å². The smallest absolute Gasteiger partial charge is 0.0448 e. The van der Waals surface area contributed by atoms with E-state index >= 15 is 0 Å². The van der Waals surface area contributed by atoms with E-state index in [0.29, 0.717) is 6.04 Å². The fourth-order valence-corrected chi connectivity index (χ4v) is 1.92. The van der Waals surface area contributed by atoms with Gasteiger partial charge in [-0.25, -0.2) is 0 Å². The summed E-state index contributed by atoms with van der Waals surface area (Å²) >= 11 is 0. The van der Waals surface area contributed by atoms with Crippen molar-refractivity contribution in [2.24, 2.45) is 5.73 Å². The summed E-state index contributed by atoms with van der Waals surface area (Å²) in [4.78, 5) is 2.32. The molecule has 3 nitrogen and oxygen atoms in total. The van der Waals surface area contributed by atoms with Crippen LogP contribution in [0.2, 0.25) is 0 Å². The van der Waals surface area contributed by atoms with Gasteiger partial charge in [-0.05, 0) is 39.8 Å². The fraction of sp³-hybridized carbons (Fsp3) is 1.00. The summed E-state index contributed by atoms with van der Waals surface area (Å²) < 4.78 is 0. The molecule has 1 saturated heterocycles. The molecule has 1 rings (SSSR count). The second-order valence-corrected chi connectivity index (χ2v) is 4.12. The van der Waals surface area contributed by atoms with E-state index < -0.39 is 0 Å². The molecule has 1 heterocycles. The van der Waals surface area contributed by atoms with E-state index in [9.17, 15) is 0 Å². The van der Waals surface area contributed by atoms with Gasteiger partial charge in [-0.3, -0.25) is 0 Å². The lowest BCUT2D eigenvalue weighted by atomic mass is 9.82. The van der Waals surface area contributed by atoms with E-state index in [1.54, 1.807) is 0 Å². The number of aliphatic hydroxyl groups excluding tert-OH is 1. The van der Waals surface area contributed by atoms with E-state index in [2.05, 4.69) is 18.9 Å². The Morgan fingerprint density at radius 1 is 1.67 bits per heavy atom. The van der Waals surface area contributed by atoms with E-state index in [0.717, 1.165) is 25.8 Å². The lowest BCUT2D eigenvalue weighted by molar-refractivity contribution is 0.110. The molecule has 3 heteroatoms. The average molecular weight is 172 g/mol. The zero-order valence-electron chi connectivity index (χ0n) is 8.08. The van der Waals surface area contributed by atoms with Crippen LogP contribution in [-0.4, -0.2) is 41.8 Å². The van der Waals surface area contributed by atoms with Crippen LogP contribution in [0.15, 0.2) is 0 Å². The minimum absolute atomic E-state index is 0.110. The maximum atomic E-state index is 8.84. The number of nitrogens with zero attached hydrogens (tertiary/aromatic N) is 1. The van der Waals surface area contributed by atoms with Gasteiger partial charge >= 0.3 is 0 Å². The molecule has 0 aromatic carbocycles. The first-order valence-electron chi connectivity index (χ1n) is 4.67. The highest BCUT2D eigenvalue weighted by molar-refractivity contribution is 4.92. The summed E-state index contributed by atoms with van der Waals surface area (Å²) in [6, 6.07) is 0.551. The molecule has 72 valence electrons. The minimum Gasteiger partial charge on any atom is -0.396 e. The number of likely N-dealkylation sites (tertiary alicyclic amines) is 1. The summed E-state index contributed by atoms with van der Waals surface area (Å²) in [7, 11) is 2.13. The van der Waals surface area contributed by atoms with Crippen molar-refractivity contribution in [3.05, 3.63) is 0 Å². The van der Waals surface area contributed by atoms with Crippen molar-refractivity contribution in [3.8, 4) is 0 Å². The zero-order chi connectivity index (χ0) is 9.19. The van der Waals surface area contributed by atoms with Crippen molar-refractivity contribution in [2.75, 3.05) is 20.2 Å². The fourth-order valence-electron chi connectivity index (χ4n) is 1.92. The Morgan fingerprint density at radius 2 is 2.33 bits per heavy atom. The van der Waals surface area contributed by atoms with Crippen LogP contribution in [-0.2, 0) is 0 Å². The number of aliphatic hydroxyl groups is 1. The molecule has 0 saturated carbocycles. The first kappa shape index (κ1) is 9.96. The number of rotatable bonds is 2. The minimum atomic E-state index is -0.110. The van der Waals surface area contributed by atoms with Gasteiger partial charge in [0.05, 0.1) is 0 Å². The predicted molar refractivity (Wildman–Crippen MR) is 49.9 cm³/mol. The molecule has 1 aliphatic heterocycles. The maximum absolute atomic E-state index is 8.84. The second-order valence-electron chi connectivity index (χ2n) is 4.12. The molecule has 2 unspecified atom stereocenters. The molecule has 0 radical (unpaired) electrons. The maximum Gasteiger partial charge on any atom is 0.0448 e. The zero-order valence-corrected chi connectivity index (χ0v) is 8.08. The number of nitrogens with two attached hydrogens (primary N) is 1. The van der Waals surface area contributed by atoms with E-state index in [1.807, 2.05) is 0 Å². The molecule has 0 aromatic rings. The molecule has 0 bridgehead atoms. The van der Waals surface area contributed by atoms with Gasteiger partial charge in [0.25, 0.3) is 0 Å². The molecule has 1 fully saturated rings. The Morgan fingerprint density at radius 3 is 2.83 bits per heavy atom. The summed E-state index contributed by atoms with van der Waals surface area (Å²) in [5.74, 6) is 0. The molecule has 3 N–H and O–H groups in total. The van der Waals surface area contributed by atoms with Crippen LogP contribution < -0.4 is 5.73 Å². The molecular weight excluding hydrogens is 152 g/mol. The SMILES string of the molecule is CC1CC(N)(CCO)CCN1C. The highest BCUT2D eigenvalue weighted by Gasteiger charge is 2.32. The monoisotopic (exact) mass is 172 g/mol.